The van der Waals surface area contributed by atoms with Crippen LogP contribution in [0.4, 0.5) is 0 Å². The van der Waals surface area contributed by atoms with Gasteiger partial charge < -0.3 is 30.3 Å². The first-order valence-electron chi connectivity index (χ1n) is 10.7. The Hall–Kier alpha value is -2.19. The molecule has 2 amide bonds. The second kappa shape index (κ2) is 12.4. The van der Waals surface area contributed by atoms with Crippen LogP contribution >= 0.6 is 31.8 Å². The van der Waals surface area contributed by atoms with Crippen molar-refractivity contribution in [3.8, 4) is 5.75 Å². The summed E-state index contributed by atoms with van der Waals surface area (Å²) in [6.45, 7) is 6.18. The lowest BCUT2D eigenvalue weighted by Crippen LogP contribution is -2.44. The normalized spacial score (nSPS) is 16.1. The summed E-state index contributed by atoms with van der Waals surface area (Å²) in [4.78, 5) is 59.3. The Morgan fingerprint density at radius 2 is 2.06 bits per heavy atom. The van der Waals surface area contributed by atoms with Crippen molar-refractivity contribution in [1.29, 1.82) is 0 Å². The van der Waals surface area contributed by atoms with E-state index in [1.165, 1.54) is 19.2 Å². The molecular weight excluding hydrogens is 533 g/mol. The largest absolute Gasteiger partial charge is 0.469 e. The fraction of sp³-hybridized carbons (Fsp3) is 0.476. The van der Waals surface area contributed by atoms with Crippen molar-refractivity contribution in [2.24, 2.45) is 5.41 Å². The smallest absolute Gasteiger partial charge is 0.424 e. The van der Waals surface area contributed by atoms with Gasteiger partial charge >= 0.3 is 13.8 Å². The molecule has 0 aliphatic carbocycles. The zero-order chi connectivity index (χ0) is 27.3. The first-order chi connectivity index (χ1) is 16.6. The van der Waals surface area contributed by atoms with Crippen molar-refractivity contribution < 1.29 is 43.1 Å². The molecule has 0 bridgehead atoms. The summed E-state index contributed by atoms with van der Waals surface area (Å²) < 4.78 is 21.5. The van der Waals surface area contributed by atoms with Crippen LogP contribution in [0.5, 0.6) is 5.75 Å². The third-order valence-corrected chi connectivity index (χ3v) is 7.01. The summed E-state index contributed by atoms with van der Waals surface area (Å²) in [6.07, 6.45) is 1.71. The number of rotatable bonds is 11. The van der Waals surface area contributed by atoms with Crippen LogP contribution in [0.25, 0.3) is 6.08 Å². The molecule has 1 atom stereocenters. The lowest BCUT2D eigenvalue weighted by Gasteiger charge is -2.28. The summed E-state index contributed by atoms with van der Waals surface area (Å²) in [5, 5.41) is 15.1. The maximum atomic E-state index is 12.6. The molecule has 1 aromatic rings. The van der Waals surface area contributed by atoms with Gasteiger partial charge in [0, 0.05) is 23.9 Å². The van der Waals surface area contributed by atoms with E-state index in [1.54, 1.807) is 13.8 Å². The fourth-order valence-corrected chi connectivity index (χ4v) is 4.18. The molecule has 0 aromatic carbocycles. The SMILES string of the molecule is CCC(C)(C)[C@@H](O)C(=O)NCCC(=O)Oc1c(C)ncc(COP(=O)(O)O)c1/C=C1\SC(=S)NC1=O. The quantitative estimate of drug-likeness (QED) is 0.114. The number of nitrogens with zero attached hydrogens (tertiary/aromatic N) is 1. The Morgan fingerprint density at radius 3 is 2.61 bits per heavy atom. The number of aliphatic hydroxyl groups excluding tert-OH is 1. The number of amides is 2. The van der Waals surface area contributed by atoms with Crippen molar-refractivity contribution in [1.82, 2.24) is 15.6 Å². The molecule has 0 radical (unpaired) electrons. The Morgan fingerprint density at radius 1 is 1.39 bits per heavy atom. The molecule has 12 nitrogen and oxygen atoms in total. The lowest BCUT2D eigenvalue weighted by atomic mass is 9.83. The fourth-order valence-electron chi connectivity index (χ4n) is 2.85. The number of aromatic nitrogens is 1. The van der Waals surface area contributed by atoms with E-state index in [0.717, 1.165) is 11.8 Å². The third kappa shape index (κ3) is 8.44. The number of hydrogen-bond donors (Lipinski definition) is 5. The number of carbonyl (C=O) groups excluding carboxylic acids is 3. The standard InChI is InChI=1S/C21H28N3O9PS2/c1-5-21(3,4)17(26)19(28)22-7-6-15(25)33-16-11(2)23-9-12(10-32-34(29,30)31)13(16)8-14-18(27)24-20(35)36-14/h8-9,17,26H,5-7,10H2,1-4H3,(H,22,28)(H,24,27,35)(H2,29,30,31)/b14-8-/t17-/m0/s1. The number of phosphoric acid groups is 1. The Labute approximate surface area is 217 Å². The van der Waals surface area contributed by atoms with E-state index < -0.39 is 43.7 Å². The van der Waals surface area contributed by atoms with Gasteiger partial charge in [-0.3, -0.25) is 23.9 Å². The Bertz CT molecular complexity index is 1130. The molecule has 0 spiro atoms. The van der Waals surface area contributed by atoms with Gasteiger partial charge in [-0.05, 0) is 24.8 Å². The second-order valence-electron chi connectivity index (χ2n) is 8.49. The Kier molecular flexibility index (Phi) is 10.3. The van der Waals surface area contributed by atoms with Gasteiger partial charge in [-0.1, -0.05) is 44.8 Å². The zero-order valence-corrected chi connectivity index (χ0v) is 22.6. The maximum absolute atomic E-state index is 12.6. The molecule has 1 saturated heterocycles. The number of thiocarbonyl (C=S) groups is 1. The first kappa shape index (κ1) is 30.0. The highest BCUT2D eigenvalue weighted by Crippen LogP contribution is 2.39. The number of nitrogens with one attached hydrogen (secondary N) is 2. The van der Waals surface area contributed by atoms with Crippen LogP contribution in [0.3, 0.4) is 0 Å². The molecule has 2 heterocycles. The predicted molar refractivity (Wildman–Crippen MR) is 135 cm³/mol. The highest BCUT2D eigenvalue weighted by Gasteiger charge is 2.32. The second-order valence-corrected chi connectivity index (χ2v) is 11.4. The number of aryl methyl sites for hydroxylation is 1. The van der Waals surface area contributed by atoms with Crippen LogP contribution in [0.2, 0.25) is 0 Å². The van der Waals surface area contributed by atoms with E-state index in [0.29, 0.717) is 6.42 Å². The topological polar surface area (TPSA) is 184 Å². The van der Waals surface area contributed by atoms with Crippen LogP contribution < -0.4 is 15.4 Å². The summed E-state index contributed by atoms with van der Waals surface area (Å²) in [6, 6.07) is 0. The number of thioether (sulfide) groups is 1. The van der Waals surface area contributed by atoms with Crippen LogP contribution in [-0.2, 0) is 30.1 Å². The van der Waals surface area contributed by atoms with E-state index in [-0.39, 0.29) is 44.8 Å². The molecule has 36 heavy (non-hydrogen) atoms. The minimum atomic E-state index is -4.83. The molecule has 2 rings (SSSR count). The minimum absolute atomic E-state index is 0.0518. The monoisotopic (exact) mass is 561 g/mol. The van der Waals surface area contributed by atoms with Crippen molar-refractivity contribution in [2.45, 2.75) is 53.2 Å². The number of hydrogen-bond acceptors (Lipinski definition) is 10. The van der Waals surface area contributed by atoms with Gasteiger partial charge in [0.1, 0.15) is 10.4 Å². The molecule has 1 fully saturated rings. The molecule has 0 unspecified atom stereocenters. The number of ether oxygens (including phenoxy) is 1. The third-order valence-electron chi connectivity index (χ3n) is 5.38. The number of esters is 1. The van der Waals surface area contributed by atoms with Gasteiger partial charge in [0.15, 0.2) is 5.75 Å². The highest BCUT2D eigenvalue weighted by atomic mass is 32.2. The van der Waals surface area contributed by atoms with Gasteiger partial charge in [0.2, 0.25) is 5.91 Å². The molecule has 5 N–H and O–H groups in total. The number of aliphatic hydroxyl groups is 1. The highest BCUT2D eigenvalue weighted by molar-refractivity contribution is 8.26. The van der Waals surface area contributed by atoms with Crippen LogP contribution in [0.15, 0.2) is 11.1 Å². The molecule has 1 aromatic heterocycles. The number of phosphoric ester groups is 1. The zero-order valence-electron chi connectivity index (χ0n) is 20.1. The first-order valence-corrected chi connectivity index (χ1v) is 13.5. The van der Waals surface area contributed by atoms with Crippen LogP contribution in [-0.4, -0.2) is 54.6 Å². The average Bonchev–Trinajstić information content (AvgIpc) is 3.10. The van der Waals surface area contributed by atoms with E-state index >= 15 is 0 Å². The average molecular weight is 562 g/mol. The summed E-state index contributed by atoms with van der Waals surface area (Å²) in [7, 11) is -4.83. The van der Waals surface area contributed by atoms with Crippen molar-refractivity contribution in [3.05, 3.63) is 27.9 Å². The lowest BCUT2D eigenvalue weighted by molar-refractivity contribution is -0.136. The Balaban J connectivity index is 2.24. The summed E-state index contributed by atoms with van der Waals surface area (Å²) in [5.74, 6) is -1.91. The minimum Gasteiger partial charge on any atom is -0.424 e. The van der Waals surface area contributed by atoms with Gasteiger partial charge in [0.25, 0.3) is 5.91 Å². The van der Waals surface area contributed by atoms with Crippen LogP contribution in [0, 0.1) is 12.3 Å². The predicted octanol–water partition coefficient (Wildman–Crippen LogP) is 1.70. The molecule has 1 aliphatic heterocycles. The van der Waals surface area contributed by atoms with Crippen molar-refractivity contribution in [2.75, 3.05) is 6.54 Å². The molecule has 0 saturated carbocycles. The van der Waals surface area contributed by atoms with E-state index in [9.17, 15) is 24.1 Å². The van der Waals surface area contributed by atoms with Crippen LogP contribution in [0.1, 0.15) is 50.4 Å². The van der Waals surface area contributed by atoms with Gasteiger partial charge in [0.05, 0.1) is 23.6 Å². The molecule has 15 heteroatoms. The van der Waals surface area contributed by atoms with Crippen molar-refractivity contribution in [3.63, 3.8) is 0 Å². The number of carbonyl (C=O) groups is 3. The molecular formula is C21H28N3O9PS2. The van der Waals surface area contributed by atoms with E-state index in [2.05, 4.69) is 20.1 Å². The van der Waals surface area contributed by atoms with Gasteiger partial charge in [-0.25, -0.2) is 4.57 Å². The summed E-state index contributed by atoms with van der Waals surface area (Å²) >= 11 is 5.94. The number of pyridine rings is 1. The molecule has 1 aliphatic rings. The van der Waals surface area contributed by atoms with E-state index in [1.807, 2.05) is 6.92 Å². The summed E-state index contributed by atoms with van der Waals surface area (Å²) in [5.41, 5.74) is -0.0946. The van der Waals surface area contributed by atoms with Gasteiger partial charge in [-0.15, -0.1) is 0 Å². The van der Waals surface area contributed by atoms with Gasteiger partial charge in [-0.2, -0.15) is 0 Å². The van der Waals surface area contributed by atoms with E-state index in [4.69, 9.17) is 26.7 Å². The molecule has 198 valence electrons. The van der Waals surface area contributed by atoms with Crippen molar-refractivity contribution >= 4 is 60.0 Å². The maximum Gasteiger partial charge on any atom is 0.469 e.